The number of aryl methyl sites for hydroxylation is 1. The maximum absolute atomic E-state index is 10.2. The summed E-state index contributed by atoms with van der Waals surface area (Å²) in [6, 6.07) is 0. The molecule has 0 aromatic carbocycles. The fourth-order valence-corrected chi connectivity index (χ4v) is 1.11. The fraction of sp³-hybridized carbons (Fsp3) is 0.625. The summed E-state index contributed by atoms with van der Waals surface area (Å²) in [5.41, 5.74) is 4.80. The molecule has 0 aliphatic rings. The van der Waals surface area contributed by atoms with Gasteiger partial charge >= 0.3 is 6.09 Å². The molecule has 1 rings (SSSR count). The molecule has 0 aliphatic heterocycles. The van der Waals surface area contributed by atoms with Gasteiger partial charge in [0.1, 0.15) is 18.8 Å². The Morgan fingerprint density at radius 1 is 1.73 bits per heavy atom. The lowest BCUT2D eigenvalue weighted by Gasteiger charge is -2.05. The molecule has 0 saturated heterocycles. The van der Waals surface area contributed by atoms with Gasteiger partial charge in [0, 0.05) is 13.1 Å². The van der Waals surface area contributed by atoms with E-state index in [1.807, 2.05) is 6.92 Å². The molecule has 7 nitrogen and oxygen atoms in total. The van der Waals surface area contributed by atoms with E-state index in [0.717, 1.165) is 12.4 Å². The number of aromatic nitrogens is 3. The molecule has 0 spiro atoms. The molecule has 0 saturated carbocycles. The number of hydrogen-bond donors (Lipinski definition) is 2. The van der Waals surface area contributed by atoms with Gasteiger partial charge in [0.05, 0.1) is 6.54 Å². The Balaban J connectivity index is 2.17. The summed E-state index contributed by atoms with van der Waals surface area (Å²) in [6.45, 7) is 4.17. The van der Waals surface area contributed by atoms with E-state index in [2.05, 4.69) is 20.1 Å². The van der Waals surface area contributed by atoms with Crippen molar-refractivity contribution >= 4 is 6.09 Å². The molecular formula is C8H15N5O2. The number of nitrogens with one attached hydrogen (secondary N) is 1. The molecular weight excluding hydrogens is 198 g/mol. The van der Waals surface area contributed by atoms with Gasteiger partial charge in [-0.05, 0) is 6.92 Å². The van der Waals surface area contributed by atoms with Gasteiger partial charge in [-0.15, -0.1) is 0 Å². The zero-order valence-corrected chi connectivity index (χ0v) is 8.64. The molecule has 1 aromatic rings. The monoisotopic (exact) mass is 213 g/mol. The summed E-state index contributed by atoms with van der Waals surface area (Å²) in [5, 5.41) is 7.08. The van der Waals surface area contributed by atoms with Crippen LogP contribution in [0.5, 0.6) is 0 Å². The second kappa shape index (κ2) is 5.97. The van der Waals surface area contributed by atoms with E-state index in [9.17, 15) is 4.79 Å². The Morgan fingerprint density at radius 2 is 2.53 bits per heavy atom. The van der Waals surface area contributed by atoms with Crippen LogP contribution < -0.4 is 11.1 Å². The van der Waals surface area contributed by atoms with Crippen LogP contribution in [0.25, 0.3) is 0 Å². The molecule has 15 heavy (non-hydrogen) atoms. The number of nitrogens with two attached hydrogens (primary N) is 1. The first-order valence-electron chi connectivity index (χ1n) is 4.73. The molecule has 0 radical (unpaired) electrons. The number of amides is 1. The average molecular weight is 213 g/mol. The normalized spacial score (nSPS) is 10.2. The third kappa shape index (κ3) is 3.94. The predicted molar refractivity (Wildman–Crippen MR) is 52.9 cm³/mol. The molecule has 1 amide bonds. The Labute approximate surface area is 87.6 Å². The largest absolute Gasteiger partial charge is 0.448 e. The van der Waals surface area contributed by atoms with Gasteiger partial charge in [0.25, 0.3) is 0 Å². The van der Waals surface area contributed by atoms with Gasteiger partial charge in [-0.3, -0.25) is 0 Å². The summed E-state index contributed by atoms with van der Waals surface area (Å²) in [7, 11) is 0. The Morgan fingerprint density at radius 3 is 3.20 bits per heavy atom. The van der Waals surface area contributed by atoms with Crippen molar-refractivity contribution in [3.8, 4) is 0 Å². The molecule has 1 aromatic heterocycles. The lowest BCUT2D eigenvalue weighted by atomic mass is 10.5. The average Bonchev–Trinajstić information content (AvgIpc) is 2.64. The van der Waals surface area contributed by atoms with Crippen molar-refractivity contribution in [1.82, 2.24) is 20.1 Å². The van der Waals surface area contributed by atoms with Crippen molar-refractivity contribution in [2.24, 2.45) is 5.73 Å². The van der Waals surface area contributed by atoms with Crippen LogP contribution in [0.4, 0.5) is 4.79 Å². The van der Waals surface area contributed by atoms with Crippen LogP contribution in [0.15, 0.2) is 6.33 Å². The standard InChI is InChI=1S/C8H15N5O2/c1-2-13-7(11-6-12-13)5-10-3-4-15-8(9)14/h6,10H,2-5H2,1H3,(H2,9,14). The molecule has 0 atom stereocenters. The van der Waals surface area contributed by atoms with Crippen LogP contribution in [0.2, 0.25) is 0 Å². The van der Waals surface area contributed by atoms with Crippen molar-refractivity contribution in [2.75, 3.05) is 13.2 Å². The number of carbonyl (C=O) groups is 1. The number of hydrogen-bond acceptors (Lipinski definition) is 5. The number of ether oxygens (including phenoxy) is 1. The van der Waals surface area contributed by atoms with Crippen LogP contribution in [0.3, 0.4) is 0 Å². The van der Waals surface area contributed by atoms with Gasteiger partial charge in [0.15, 0.2) is 0 Å². The lowest BCUT2D eigenvalue weighted by Crippen LogP contribution is -2.24. The topological polar surface area (TPSA) is 95.1 Å². The zero-order chi connectivity index (χ0) is 11.1. The van der Waals surface area contributed by atoms with Crippen molar-refractivity contribution in [2.45, 2.75) is 20.0 Å². The smallest absolute Gasteiger partial charge is 0.404 e. The molecule has 0 bridgehead atoms. The summed E-state index contributed by atoms with van der Waals surface area (Å²) < 4.78 is 6.34. The first kappa shape index (κ1) is 11.4. The highest BCUT2D eigenvalue weighted by molar-refractivity contribution is 5.64. The van der Waals surface area contributed by atoms with Crippen molar-refractivity contribution in [1.29, 1.82) is 0 Å². The van der Waals surface area contributed by atoms with Gasteiger partial charge in [0.2, 0.25) is 0 Å². The second-order valence-corrected chi connectivity index (χ2v) is 2.84. The van der Waals surface area contributed by atoms with Crippen molar-refractivity contribution in [3.05, 3.63) is 12.2 Å². The molecule has 0 aliphatic carbocycles. The van der Waals surface area contributed by atoms with E-state index in [0.29, 0.717) is 13.1 Å². The maximum atomic E-state index is 10.2. The second-order valence-electron chi connectivity index (χ2n) is 2.84. The number of primary amides is 1. The molecule has 1 heterocycles. The maximum Gasteiger partial charge on any atom is 0.404 e. The van der Waals surface area contributed by atoms with Crippen molar-refractivity contribution in [3.63, 3.8) is 0 Å². The van der Waals surface area contributed by atoms with Gasteiger partial charge in [-0.1, -0.05) is 0 Å². The highest BCUT2D eigenvalue weighted by Crippen LogP contribution is 1.92. The van der Waals surface area contributed by atoms with Crippen LogP contribution in [-0.4, -0.2) is 34.0 Å². The number of nitrogens with zero attached hydrogens (tertiary/aromatic N) is 3. The summed E-state index contributed by atoms with van der Waals surface area (Å²) in [5.74, 6) is 0.858. The lowest BCUT2D eigenvalue weighted by molar-refractivity contribution is 0.157. The third-order valence-electron chi connectivity index (χ3n) is 1.80. The van der Waals surface area contributed by atoms with Gasteiger partial charge in [-0.2, -0.15) is 5.10 Å². The first-order valence-corrected chi connectivity index (χ1v) is 4.73. The van der Waals surface area contributed by atoms with E-state index in [-0.39, 0.29) is 6.61 Å². The fourth-order valence-electron chi connectivity index (χ4n) is 1.11. The van der Waals surface area contributed by atoms with Crippen LogP contribution in [0, 0.1) is 0 Å². The van der Waals surface area contributed by atoms with Crippen LogP contribution in [0.1, 0.15) is 12.7 Å². The van der Waals surface area contributed by atoms with Crippen LogP contribution in [-0.2, 0) is 17.8 Å². The highest BCUT2D eigenvalue weighted by Gasteiger charge is 2.01. The first-order chi connectivity index (χ1) is 7.24. The summed E-state index contributed by atoms with van der Waals surface area (Å²) in [4.78, 5) is 14.3. The minimum atomic E-state index is -0.756. The Hall–Kier alpha value is -1.63. The van der Waals surface area contributed by atoms with E-state index < -0.39 is 6.09 Å². The third-order valence-corrected chi connectivity index (χ3v) is 1.80. The van der Waals surface area contributed by atoms with Crippen LogP contribution >= 0.6 is 0 Å². The van der Waals surface area contributed by atoms with E-state index in [1.54, 1.807) is 4.68 Å². The predicted octanol–water partition coefficient (Wildman–Crippen LogP) is -0.517. The van der Waals surface area contributed by atoms with Crippen molar-refractivity contribution < 1.29 is 9.53 Å². The van der Waals surface area contributed by atoms with Gasteiger partial charge < -0.3 is 15.8 Å². The van der Waals surface area contributed by atoms with Gasteiger partial charge in [-0.25, -0.2) is 14.5 Å². The molecule has 0 unspecified atom stereocenters. The molecule has 0 fully saturated rings. The molecule has 7 heteroatoms. The van der Waals surface area contributed by atoms with E-state index in [1.165, 1.54) is 6.33 Å². The van der Waals surface area contributed by atoms with E-state index in [4.69, 9.17) is 5.73 Å². The minimum absolute atomic E-state index is 0.260. The SMILES string of the molecule is CCn1ncnc1CNCCOC(N)=O. The molecule has 84 valence electrons. The minimum Gasteiger partial charge on any atom is -0.448 e. The Kier molecular flexibility index (Phi) is 4.55. The zero-order valence-electron chi connectivity index (χ0n) is 8.64. The quantitative estimate of drug-likeness (QED) is 0.620. The number of rotatable bonds is 6. The summed E-state index contributed by atoms with van der Waals surface area (Å²) in [6.07, 6.45) is 0.758. The number of carbonyl (C=O) groups excluding carboxylic acids is 1. The molecule has 3 N–H and O–H groups in total. The highest BCUT2D eigenvalue weighted by atomic mass is 16.5. The summed E-state index contributed by atoms with van der Waals surface area (Å²) >= 11 is 0. The Bertz CT molecular complexity index is 312. The van der Waals surface area contributed by atoms with E-state index >= 15 is 0 Å².